The van der Waals surface area contributed by atoms with Crippen molar-refractivity contribution in [3.63, 3.8) is 0 Å². The lowest BCUT2D eigenvalue weighted by Gasteiger charge is -2.47. The zero-order valence-corrected chi connectivity index (χ0v) is 18.8. The second kappa shape index (κ2) is 9.79. The summed E-state index contributed by atoms with van der Waals surface area (Å²) in [7, 11) is 0. The Morgan fingerprint density at radius 3 is 2.38 bits per heavy atom. The van der Waals surface area contributed by atoms with Gasteiger partial charge in [0.2, 0.25) is 11.8 Å². The smallest absolute Gasteiger partial charge is 0.322 e. The van der Waals surface area contributed by atoms with Gasteiger partial charge in [-0.15, -0.1) is 0 Å². The van der Waals surface area contributed by atoms with Crippen LogP contribution in [0.15, 0.2) is 48.5 Å². The second-order valence-corrected chi connectivity index (χ2v) is 8.97. The highest BCUT2D eigenvalue weighted by Gasteiger charge is 2.46. The van der Waals surface area contributed by atoms with Crippen LogP contribution in [-0.2, 0) is 9.59 Å². The summed E-state index contributed by atoms with van der Waals surface area (Å²) in [4.78, 5) is 40.6. The number of hydrogen-bond donors (Lipinski definition) is 3. The third-order valence-corrected chi connectivity index (χ3v) is 6.27. The van der Waals surface area contributed by atoms with Crippen LogP contribution in [0.3, 0.4) is 0 Å². The fourth-order valence-electron chi connectivity index (χ4n) is 4.46. The number of rotatable bonds is 4. The van der Waals surface area contributed by atoms with Gasteiger partial charge in [-0.1, -0.05) is 54.2 Å². The van der Waals surface area contributed by atoms with Crippen molar-refractivity contribution in [3.8, 4) is 0 Å². The lowest BCUT2D eigenvalue weighted by molar-refractivity contribution is -0.135. The van der Waals surface area contributed by atoms with E-state index < -0.39 is 11.9 Å². The number of piperazine rings is 1. The minimum atomic E-state index is -0.923. The molecule has 0 radical (unpaired) electrons. The third-order valence-electron chi connectivity index (χ3n) is 5.84. The molecule has 0 aromatic heterocycles. The number of hydrogen-bond acceptors (Lipinski definition) is 3. The van der Waals surface area contributed by atoms with E-state index in [0.717, 1.165) is 25.7 Å². The fraction of sp³-hybridized carbons (Fsp3) is 0.348. The van der Waals surface area contributed by atoms with Gasteiger partial charge in [0.15, 0.2) is 0 Å². The van der Waals surface area contributed by atoms with Gasteiger partial charge in [0.25, 0.3) is 0 Å². The van der Waals surface area contributed by atoms with Gasteiger partial charge in [-0.3, -0.25) is 9.59 Å². The van der Waals surface area contributed by atoms with E-state index in [-0.39, 0.29) is 30.4 Å². The van der Waals surface area contributed by atoms with E-state index in [1.54, 1.807) is 35.2 Å². The molecule has 4 rings (SSSR count). The lowest BCUT2D eigenvalue weighted by Crippen LogP contribution is -2.68. The van der Waals surface area contributed by atoms with Crippen LogP contribution in [0, 0.1) is 0 Å². The molecule has 2 aromatic carbocycles. The molecule has 2 aromatic rings. The summed E-state index contributed by atoms with van der Waals surface area (Å²) in [6.07, 6.45) is 3.37. The summed E-state index contributed by atoms with van der Waals surface area (Å²) < 4.78 is 0. The summed E-state index contributed by atoms with van der Waals surface area (Å²) in [6, 6.07) is 12.2. The maximum atomic E-state index is 13.3. The van der Waals surface area contributed by atoms with Gasteiger partial charge in [0, 0.05) is 27.5 Å². The molecule has 0 spiro atoms. The average Bonchev–Trinajstić information content (AvgIpc) is 2.74. The Morgan fingerprint density at radius 2 is 1.66 bits per heavy atom. The number of carbonyl (C=O) groups is 3. The topological polar surface area (TPSA) is 90.5 Å². The zero-order chi connectivity index (χ0) is 22.7. The Hall–Kier alpha value is -2.77. The van der Waals surface area contributed by atoms with Crippen molar-refractivity contribution in [3.05, 3.63) is 58.6 Å². The number of nitrogens with one attached hydrogen (secondary N) is 3. The van der Waals surface area contributed by atoms with Crippen LogP contribution in [0.25, 0.3) is 0 Å². The zero-order valence-electron chi connectivity index (χ0n) is 17.3. The van der Waals surface area contributed by atoms with E-state index in [4.69, 9.17) is 23.2 Å². The Morgan fingerprint density at radius 1 is 0.969 bits per heavy atom. The summed E-state index contributed by atoms with van der Waals surface area (Å²) >= 11 is 12.0. The number of halogens is 2. The van der Waals surface area contributed by atoms with Crippen LogP contribution < -0.4 is 16.0 Å². The average molecular weight is 475 g/mol. The van der Waals surface area contributed by atoms with E-state index in [1.807, 2.05) is 18.2 Å². The van der Waals surface area contributed by atoms with Crippen LogP contribution in [-0.4, -0.2) is 40.9 Å². The predicted molar refractivity (Wildman–Crippen MR) is 125 cm³/mol. The number of urea groups is 1. The van der Waals surface area contributed by atoms with Gasteiger partial charge >= 0.3 is 6.03 Å². The highest BCUT2D eigenvalue weighted by atomic mass is 35.5. The molecule has 9 heteroatoms. The molecular weight excluding hydrogens is 451 g/mol. The van der Waals surface area contributed by atoms with Gasteiger partial charge < -0.3 is 20.9 Å². The van der Waals surface area contributed by atoms with Crippen LogP contribution in [0.1, 0.15) is 32.1 Å². The SMILES string of the molecule is O=C(C[C@@H]1C(=O)N[C@@H]2CCCC[C@@H]2N1C(=O)Nc1ccccc1)Nc1cc(Cl)cc(Cl)c1. The van der Waals surface area contributed by atoms with Gasteiger partial charge in [0.1, 0.15) is 6.04 Å². The highest BCUT2D eigenvalue weighted by Crippen LogP contribution is 2.30. The number of para-hydroxylation sites is 1. The van der Waals surface area contributed by atoms with Crippen molar-refractivity contribution < 1.29 is 14.4 Å². The molecule has 1 aliphatic carbocycles. The van der Waals surface area contributed by atoms with E-state index >= 15 is 0 Å². The molecule has 1 heterocycles. The normalized spacial score (nSPS) is 22.5. The Kier molecular flexibility index (Phi) is 6.86. The molecule has 1 saturated heterocycles. The first kappa shape index (κ1) is 22.4. The van der Waals surface area contributed by atoms with E-state index in [2.05, 4.69) is 16.0 Å². The minimum Gasteiger partial charge on any atom is -0.349 e. The van der Waals surface area contributed by atoms with E-state index in [0.29, 0.717) is 21.4 Å². The second-order valence-electron chi connectivity index (χ2n) is 8.10. The molecular formula is C23H24Cl2N4O3. The number of anilines is 2. The first-order valence-corrected chi connectivity index (χ1v) is 11.4. The van der Waals surface area contributed by atoms with Gasteiger partial charge in [-0.25, -0.2) is 4.79 Å². The molecule has 32 heavy (non-hydrogen) atoms. The number of fused-ring (bicyclic) bond motifs is 1. The van der Waals surface area contributed by atoms with Crippen molar-refractivity contribution in [1.82, 2.24) is 10.2 Å². The summed E-state index contributed by atoms with van der Waals surface area (Å²) in [5.74, 6) is -0.731. The molecule has 2 aliphatic rings. The molecule has 0 bridgehead atoms. The van der Waals surface area contributed by atoms with E-state index in [9.17, 15) is 14.4 Å². The molecule has 2 fully saturated rings. The minimum absolute atomic E-state index is 0.108. The number of amides is 4. The fourth-order valence-corrected chi connectivity index (χ4v) is 4.98. The predicted octanol–water partition coefficient (Wildman–Crippen LogP) is 4.67. The van der Waals surface area contributed by atoms with Gasteiger partial charge in [-0.05, 0) is 43.2 Å². The first-order chi connectivity index (χ1) is 15.4. The van der Waals surface area contributed by atoms with Crippen LogP contribution in [0.5, 0.6) is 0 Å². The highest BCUT2D eigenvalue weighted by molar-refractivity contribution is 6.35. The maximum absolute atomic E-state index is 13.3. The summed E-state index contributed by atoms with van der Waals surface area (Å²) in [5.41, 5.74) is 1.06. The molecule has 1 aliphatic heterocycles. The monoisotopic (exact) mass is 474 g/mol. The quantitative estimate of drug-likeness (QED) is 0.601. The van der Waals surface area contributed by atoms with Gasteiger partial charge in [-0.2, -0.15) is 0 Å². The molecule has 1 saturated carbocycles. The van der Waals surface area contributed by atoms with Gasteiger partial charge in [0.05, 0.1) is 12.5 Å². The number of carbonyl (C=O) groups excluding carboxylic acids is 3. The van der Waals surface area contributed by atoms with Crippen molar-refractivity contribution in [1.29, 1.82) is 0 Å². The molecule has 0 unspecified atom stereocenters. The first-order valence-electron chi connectivity index (χ1n) is 10.6. The molecule has 7 nitrogen and oxygen atoms in total. The molecule has 168 valence electrons. The molecule has 4 amide bonds. The summed E-state index contributed by atoms with van der Waals surface area (Å²) in [5, 5.41) is 9.39. The Bertz CT molecular complexity index is 997. The Labute approximate surface area is 196 Å². The lowest BCUT2D eigenvalue weighted by atomic mass is 9.85. The number of nitrogens with zero attached hydrogens (tertiary/aromatic N) is 1. The van der Waals surface area contributed by atoms with Crippen molar-refractivity contribution >= 4 is 52.4 Å². The third kappa shape index (κ3) is 5.16. The Balaban J connectivity index is 1.54. The summed E-state index contributed by atoms with van der Waals surface area (Å²) in [6.45, 7) is 0. The molecule has 3 atom stereocenters. The molecule has 3 N–H and O–H groups in total. The van der Waals surface area contributed by atoms with Crippen molar-refractivity contribution in [2.24, 2.45) is 0 Å². The van der Waals surface area contributed by atoms with Crippen LogP contribution in [0.2, 0.25) is 10.0 Å². The van der Waals surface area contributed by atoms with Crippen LogP contribution in [0.4, 0.5) is 16.2 Å². The van der Waals surface area contributed by atoms with E-state index in [1.165, 1.54) is 0 Å². The standard InChI is InChI=1S/C23H24Cl2N4O3/c24-14-10-15(25)12-17(11-14)26-21(30)13-20-22(31)28-18-8-4-5-9-19(18)29(20)23(32)27-16-6-2-1-3-7-16/h1-3,6-7,10-12,18-20H,4-5,8-9,13H2,(H,26,30)(H,27,32)(H,28,31)/t18-,19+,20-/m1/s1. The number of benzene rings is 2. The maximum Gasteiger partial charge on any atom is 0.322 e. The van der Waals surface area contributed by atoms with Crippen molar-refractivity contribution in [2.45, 2.75) is 50.2 Å². The largest absolute Gasteiger partial charge is 0.349 e. The van der Waals surface area contributed by atoms with Crippen LogP contribution >= 0.6 is 23.2 Å². The van der Waals surface area contributed by atoms with Crippen molar-refractivity contribution in [2.75, 3.05) is 10.6 Å².